The SMILES string of the molecule is CC(Cc1ccco1)N1CCC(OCC(=O)O)CC1. The van der Waals surface area contributed by atoms with E-state index in [0.717, 1.165) is 38.1 Å². The Morgan fingerprint density at radius 2 is 2.32 bits per heavy atom. The van der Waals surface area contributed by atoms with Crippen LogP contribution >= 0.6 is 0 Å². The van der Waals surface area contributed by atoms with E-state index in [1.165, 1.54) is 0 Å². The second kappa shape index (κ2) is 6.73. The fraction of sp³-hybridized carbons (Fsp3) is 0.643. The van der Waals surface area contributed by atoms with Crippen LogP contribution in [0.25, 0.3) is 0 Å². The van der Waals surface area contributed by atoms with Gasteiger partial charge in [-0.1, -0.05) is 0 Å². The number of carboxylic acids is 1. The predicted molar refractivity (Wildman–Crippen MR) is 70.1 cm³/mol. The van der Waals surface area contributed by atoms with Gasteiger partial charge in [0.1, 0.15) is 12.4 Å². The molecule has 106 valence electrons. The third-order valence-corrected chi connectivity index (χ3v) is 3.62. The first-order valence-electron chi connectivity index (χ1n) is 6.75. The number of piperidine rings is 1. The highest BCUT2D eigenvalue weighted by Gasteiger charge is 2.24. The summed E-state index contributed by atoms with van der Waals surface area (Å²) in [7, 11) is 0. The van der Waals surface area contributed by atoms with Crippen molar-refractivity contribution in [1.29, 1.82) is 0 Å². The topological polar surface area (TPSA) is 62.9 Å². The molecule has 5 heteroatoms. The van der Waals surface area contributed by atoms with Gasteiger partial charge in [0, 0.05) is 25.6 Å². The van der Waals surface area contributed by atoms with Crippen molar-refractivity contribution in [3.8, 4) is 0 Å². The molecule has 2 rings (SSSR count). The van der Waals surface area contributed by atoms with Crippen LogP contribution in [0.3, 0.4) is 0 Å². The molecule has 1 aliphatic heterocycles. The van der Waals surface area contributed by atoms with Gasteiger partial charge in [-0.25, -0.2) is 4.79 Å². The van der Waals surface area contributed by atoms with Gasteiger partial charge >= 0.3 is 5.97 Å². The molecule has 5 nitrogen and oxygen atoms in total. The fourth-order valence-corrected chi connectivity index (χ4v) is 2.52. The van der Waals surface area contributed by atoms with Crippen LogP contribution in [0.15, 0.2) is 22.8 Å². The second-order valence-corrected chi connectivity index (χ2v) is 5.07. The highest BCUT2D eigenvalue weighted by Crippen LogP contribution is 2.18. The van der Waals surface area contributed by atoms with Crippen LogP contribution < -0.4 is 0 Å². The number of ether oxygens (including phenoxy) is 1. The van der Waals surface area contributed by atoms with Gasteiger partial charge in [0.15, 0.2) is 0 Å². The molecule has 19 heavy (non-hydrogen) atoms. The standard InChI is InChI=1S/C14H21NO4/c1-11(9-13-3-2-8-18-13)15-6-4-12(5-7-15)19-10-14(16)17/h2-3,8,11-12H,4-7,9-10H2,1H3,(H,16,17). The van der Waals surface area contributed by atoms with Crippen LogP contribution in [0.2, 0.25) is 0 Å². The largest absolute Gasteiger partial charge is 0.480 e. The summed E-state index contributed by atoms with van der Waals surface area (Å²) in [6.07, 6.45) is 4.50. The average molecular weight is 267 g/mol. The number of nitrogens with zero attached hydrogens (tertiary/aromatic N) is 1. The van der Waals surface area contributed by atoms with Gasteiger partial charge in [0.05, 0.1) is 12.4 Å². The van der Waals surface area contributed by atoms with Crippen molar-refractivity contribution >= 4 is 5.97 Å². The zero-order valence-electron chi connectivity index (χ0n) is 11.2. The Labute approximate surface area is 113 Å². The van der Waals surface area contributed by atoms with Crippen LogP contribution in [0.1, 0.15) is 25.5 Å². The monoisotopic (exact) mass is 267 g/mol. The van der Waals surface area contributed by atoms with Crippen molar-refractivity contribution in [2.75, 3.05) is 19.7 Å². The molecule has 1 fully saturated rings. The molecule has 1 atom stereocenters. The van der Waals surface area contributed by atoms with Crippen LogP contribution in [0.4, 0.5) is 0 Å². The maximum absolute atomic E-state index is 10.4. The van der Waals surface area contributed by atoms with E-state index in [1.807, 2.05) is 12.1 Å². The Balaban J connectivity index is 1.71. The number of carboxylic acid groups (broad SMARTS) is 1. The first-order chi connectivity index (χ1) is 9.15. The second-order valence-electron chi connectivity index (χ2n) is 5.07. The molecule has 0 amide bonds. The summed E-state index contributed by atoms with van der Waals surface area (Å²) in [6.45, 7) is 3.91. The van der Waals surface area contributed by atoms with Gasteiger partial charge in [-0.3, -0.25) is 0 Å². The van der Waals surface area contributed by atoms with E-state index >= 15 is 0 Å². The number of rotatable bonds is 6. The summed E-state index contributed by atoms with van der Waals surface area (Å²) in [5.41, 5.74) is 0. The van der Waals surface area contributed by atoms with Crippen molar-refractivity contribution in [2.45, 2.75) is 38.3 Å². The molecule has 2 heterocycles. The maximum atomic E-state index is 10.4. The van der Waals surface area contributed by atoms with Crippen LogP contribution in [-0.4, -0.2) is 47.8 Å². The van der Waals surface area contributed by atoms with Crippen LogP contribution in [0.5, 0.6) is 0 Å². The molecule has 1 unspecified atom stereocenters. The third-order valence-electron chi connectivity index (χ3n) is 3.62. The molecule has 1 N–H and O–H groups in total. The quantitative estimate of drug-likeness (QED) is 0.851. The van der Waals surface area contributed by atoms with Gasteiger partial charge in [0.25, 0.3) is 0 Å². The lowest BCUT2D eigenvalue weighted by Gasteiger charge is -2.35. The average Bonchev–Trinajstić information content (AvgIpc) is 2.89. The lowest BCUT2D eigenvalue weighted by Crippen LogP contribution is -2.43. The number of furan rings is 1. The lowest BCUT2D eigenvalue weighted by atomic mass is 10.0. The molecule has 0 spiro atoms. The number of carbonyl (C=O) groups is 1. The molecule has 0 radical (unpaired) electrons. The van der Waals surface area contributed by atoms with E-state index in [9.17, 15) is 4.79 Å². The van der Waals surface area contributed by atoms with Gasteiger partial charge in [-0.15, -0.1) is 0 Å². The minimum Gasteiger partial charge on any atom is -0.480 e. The minimum atomic E-state index is -0.895. The number of hydrogen-bond donors (Lipinski definition) is 1. The van der Waals surface area contributed by atoms with Gasteiger partial charge in [-0.2, -0.15) is 0 Å². The highest BCUT2D eigenvalue weighted by molar-refractivity contribution is 5.68. The lowest BCUT2D eigenvalue weighted by molar-refractivity contribution is -0.145. The Morgan fingerprint density at radius 3 is 2.89 bits per heavy atom. The van der Waals surface area contributed by atoms with Gasteiger partial charge < -0.3 is 19.2 Å². The number of hydrogen-bond acceptors (Lipinski definition) is 4. The fourth-order valence-electron chi connectivity index (χ4n) is 2.52. The molecule has 0 bridgehead atoms. The molecule has 0 aliphatic carbocycles. The van der Waals surface area contributed by atoms with E-state index in [1.54, 1.807) is 6.26 Å². The molecule has 0 saturated carbocycles. The Bertz CT molecular complexity index is 382. The molecular weight excluding hydrogens is 246 g/mol. The maximum Gasteiger partial charge on any atom is 0.329 e. The van der Waals surface area contributed by atoms with E-state index in [2.05, 4.69) is 11.8 Å². The van der Waals surface area contributed by atoms with Crippen molar-refractivity contribution < 1.29 is 19.1 Å². The zero-order chi connectivity index (χ0) is 13.7. The van der Waals surface area contributed by atoms with E-state index in [4.69, 9.17) is 14.3 Å². The Morgan fingerprint density at radius 1 is 1.58 bits per heavy atom. The summed E-state index contributed by atoms with van der Waals surface area (Å²) < 4.78 is 10.7. The summed E-state index contributed by atoms with van der Waals surface area (Å²) >= 11 is 0. The summed E-state index contributed by atoms with van der Waals surface area (Å²) in [6, 6.07) is 4.35. The summed E-state index contributed by atoms with van der Waals surface area (Å²) in [5, 5.41) is 8.58. The first-order valence-corrected chi connectivity index (χ1v) is 6.75. The molecule has 1 aliphatic rings. The molecule has 1 aromatic heterocycles. The van der Waals surface area contributed by atoms with E-state index < -0.39 is 5.97 Å². The highest BCUT2D eigenvalue weighted by atomic mass is 16.5. The van der Waals surface area contributed by atoms with Gasteiger partial charge in [0.2, 0.25) is 0 Å². The summed E-state index contributed by atoms with van der Waals surface area (Å²) in [4.78, 5) is 12.9. The van der Waals surface area contributed by atoms with Crippen molar-refractivity contribution in [2.24, 2.45) is 0 Å². The van der Waals surface area contributed by atoms with Crippen molar-refractivity contribution in [3.63, 3.8) is 0 Å². The molecule has 1 saturated heterocycles. The van der Waals surface area contributed by atoms with E-state index in [0.29, 0.717) is 6.04 Å². The zero-order valence-corrected chi connectivity index (χ0v) is 11.2. The van der Waals surface area contributed by atoms with Crippen molar-refractivity contribution in [3.05, 3.63) is 24.2 Å². The van der Waals surface area contributed by atoms with Crippen molar-refractivity contribution in [1.82, 2.24) is 4.90 Å². The number of aliphatic carboxylic acids is 1. The van der Waals surface area contributed by atoms with Gasteiger partial charge in [-0.05, 0) is 31.9 Å². The Kier molecular flexibility index (Phi) is 4.99. The van der Waals surface area contributed by atoms with E-state index in [-0.39, 0.29) is 12.7 Å². The summed E-state index contributed by atoms with van der Waals surface area (Å²) in [5.74, 6) is 0.116. The predicted octanol–water partition coefficient (Wildman–Crippen LogP) is 1.78. The van der Waals surface area contributed by atoms with Crippen LogP contribution in [0, 0.1) is 0 Å². The third kappa shape index (κ3) is 4.36. The first kappa shape index (κ1) is 14.1. The molecule has 0 aromatic carbocycles. The smallest absolute Gasteiger partial charge is 0.329 e. The minimum absolute atomic E-state index is 0.0863. The number of likely N-dealkylation sites (tertiary alicyclic amines) is 1. The molecule has 1 aromatic rings. The molecular formula is C14H21NO4. The Hall–Kier alpha value is -1.33. The van der Waals surface area contributed by atoms with Crippen LogP contribution in [-0.2, 0) is 16.0 Å². The normalized spacial score (nSPS) is 19.4.